The normalized spacial score (nSPS) is 51.1. The fourth-order valence-corrected chi connectivity index (χ4v) is 11.3. The van der Waals surface area contributed by atoms with Gasteiger partial charge in [-0.2, -0.15) is 0 Å². The molecule has 0 amide bonds. The maximum atomic E-state index is 13.7. The van der Waals surface area contributed by atoms with Crippen molar-refractivity contribution in [3.05, 3.63) is 29.8 Å². The number of esters is 1. The number of likely N-dealkylation sites (tertiary alicyclic amines) is 1. The predicted octanol–water partition coefficient (Wildman–Crippen LogP) is 1.85. The molecule has 6 fully saturated rings. The third-order valence-corrected chi connectivity index (χ3v) is 12.4. The first-order chi connectivity index (χ1) is 18.7. The lowest BCUT2D eigenvalue weighted by atomic mass is 9.44. The van der Waals surface area contributed by atoms with Gasteiger partial charge in [0.05, 0.1) is 23.9 Å². The van der Waals surface area contributed by atoms with Gasteiger partial charge in [-0.15, -0.1) is 0 Å². The van der Waals surface area contributed by atoms with E-state index < -0.39 is 34.3 Å². The van der Waals surface area contributed by atoms with Gasteiger partial charge in [-0.05, 0) is 44.4 Å². The first-order valence-electron chi connectivity index (χ1n) is 14.5. The average Bonchev–Trinajstić information content (AvgIpc) is 3.35. The zero-order valence-corrected chi connectivity index (χ0v) is 23.3. The number of carbonyl (C=O) groups is 1. The molecular weight excluding hydrogens is 500 g/mol. The number of rotatable bonds is 6. The number of likely N-dealkylation sites (N-methyl/N-ethyl adjacent to an activating group) is 1. The van der Waals surface area contributed by atoms with Crippen molar-refractivity contribution in [3.8, 4) is 0 Å². The number of anilines is 1. The molecule has 1 aromatic carbocycles. The Morgan fingerprint density at radius 2 is 1.87 bits per heavy atom. The first kappa shape index (κ1) is 26.2. The van der Waals surface area contributed by atoms with Gasteiger partial charge in [-0.25, -0.2) is 4.79 Å². The summed E-state index contributed by atoms with van der Waals surface area (Å²) in [5.74, 6) is -1.06. The van der Waals surface area contributed by atoms with Crippen LogP contribution in [0.4, 0.5) is 5.69 Å². The van der Waals surface area contributed by atoms with E-state index in [9.17, 15) is 15.0 Å². The minimum absolute atomic E-state index is 0.00601. The van der Waals surface area contributed by atoms with Crippen LogP contribution in [-0.2, 0) is 18.9 Å². The molecule has 214 valence electrons. The molecule has 5 aliphatic carbocycles. The van der Waals surface area contributed by atoms with E-state index >= 15 is 0 Å². The number of fused-ring (bicyclic) bond motifs is 2. The van der Waals surface area contributed by atoms with Crippen molar-refractivity contribution < 1.29 is 34.0 Å². The van der Waals surface area contributed by atoms with Crippen LogP contribution in [0.25, 0.3) is 0 Å². The molecule has 5 saturated carbocycles. The van der Waals surface area contributed by atoms with Gasteiger partial charge >= 0.3 is 5.97 Å². The van der Waals surface area contributed by atoms with Gasteiger partial charge in [0.25, 0.3) is 0 Å². The van der Waals surface area contributed by atoms with Crippen LogP contribution >= 0.6 is 0 Å². The molecule has 7 bridgehead atoms. The predicted molar refractivity (Wildman–Crippen MR) is 142 cm³/mol. The molecule has 0 radical (unpaired) electrons. The van der Waals surface area contributed by atoms with E-state index in [1.54, 1.807) is 39.5 Å². The molecule has 0 unspecified atom stereocenters. The van der Waals surface area contributed by atoms with Gasteiger partial charge in [-0.1, -0.05) is 19.1 Å². The van der Waals surface area contributed by atoms with Crippen LogP contribution in [0.5, 0.6) is 0 Å². The Labute approximate surface area is 229 Å². The minimum atomic E-state index is -1.44. The maximum Gasteiger partial charge on any atom is 0.340 e. The second-order valence-electron chi connectivity index (χ2n) is 13.0. The van der Waals surface area contributed by atoms with Crippen LogP contribution in [0.3, 0.4) is 0 Å². The molecule has 12 atom stereocenters. The number of hydrogen-bond donors (Lipinski definition) is 3. The zero-order valence-electron chi connectivity index (χ0n) is 23.3. The first-order valence-corrected chi connectivity index (χ1v) is 14.5. The molecular formula is C30H42N2O7. The Bertz CT molecular complexity index is 1180. The summed E-state index contributed by atoms with van der Waals surface area (Å²) in [6.07, 6.45) is 2.17. The zero-order chi connectivity index (χ0) is 27.5. The Morgan fingerprint density at radius 3 is 2.54 bits per heavy atom. The summed E-state index contributed by atoms with van der Waals surface area (Å²) >= 11 is 0. The van der Waals surface area contributed by atoms with Crippen molar-refractivity contribution in [2.75, 3.05) is 40.2 Å². The number of nitrogen functional groups attached to an aromatic ring is 1. The smallest absolute Gasteiger partial charge is 0.340 e. The van der Waals surface area contributed by atoms with Crippen molar-refractivity contribution in [1.82, 2.24) is 4.90 Å². The van der Waals surface area contributed by atoms with Gasteiger partial charge in [0.15, 0.2) is 0 Å². The highest BCUT2D eigenvalue weighted by Crippen LogP contribution is 2.79. The number of benzene rings is 1. The molecule has 1 aromatic rings. The summed E-state index contributed by atoms with van der Waals surface area (Å²) in [6, 6.07) is 7.04. The monoisotopic (exact) mass is 542 g/mol. The number of methoxy groups -OCH3 is 3. The summed E-state index contributed by atoms with van der Waals surface area (Å²) in [6.45, 7) is 3.47. The number of nitrogens with zero attached hydrogens (tertiary/aromatic N) is 1. The number of carbonyl (C=O) groups excluding carboxylic acids is 1. The van der Waals surface area contributed by atoms with Crippen molar-refractivity contribution in [3.63, 3.8) is 0 Å². The SMILES string of the molecule is CCN1C[C@@]2(OC(=O)c3ccccc3N)CC[C@@H](OC)[C@@]34[C@@H]2C[C@@H]([C@@H]13)[C@@]1(O)C[C@H](OC)[C@H]2C[C@@H]4[C@]1(O)[C@H]2OC. The Balaban J connectivity index is 1.42. The molecule has 1 spiro atoms. The largest absolute Gasteiger partial charge is 0.454 e. The second kappa shape index (κ2) is 8.39. The number of nitrogens with two attached hydrogens (primary N) is 1. The molecule has 7 rings (SSSR count). The summed E-state index contributed by atoms with van der Waals surface area (Å²) in [5, 5.41) is 25.6. The Hall–Kier alpha value is -1.75. The van der Waals surface area contributed by atoms with Crippen LogP contribution in [0.15, 0.2) is 24.3 Å². The minimum Gasteiger partial charge on any atom is -0.454 e. The third-order valence-electron chi connectivity index (χ3n) is 12.4. The van der Waals surface area contributed by atoms with E-state index in [-0.39, 0.29) is 41.9 Å². The van der Waals surface area contributed by atoms with E-state index in [1.165, 1.54) is 0 Å². The van der Waals surface area contributed by atoms with E-state index in [0.717, 1.165) is 6.54 Å². The van der Waals surface area contributed by atoms with Crippen molar-refractivity contribution in [2.24, 2.45) is 29.1 Å². The van der Waals surface area contributed by atoms with Gasteiger partial charge in [-0.3, -0.25) is 4.90 Å². The summed E-state index contributed by atoms with van der Waals surface area (Å²) in [5.41, 5.74) is 2.84. The Morgan fingerprint density at radius 1 is 1.10 bits per heavy atom. The summed E-state index contributed by atoms with van der Waals surface area (Å²) < 4.78 is 24.9. The molecule has 4 N–H and O–H groups in total. The fourth-order valence-electron chi connectivity index (χ4n) is 11.3. The summed E-state index contributed by atoms with van der Waals surface area (Å²) in [7, 11) is 5.09. The van der Waals surface area contributed by atoms with E-state index in [0.29, 0.717) is 49.9 Å². The number of para-hydroxylation sites is 1. The van der Waals surface area contributed by atoms with Crippen LogP contribution in [-0.4, -0.2) is 96.7 Å². The fraction of sp³-hybridized carbons (Fsp3) is 0.767. The van der Waals surface area contributed by atoms with E-state index in [4.69, 9.17) is 24.7 Å². The van der Waals surface area contributed by atoms with Crippen molar-refractivity contribution in [2.45, 2.75) is 80.2 Å². The number of piperidine rings is 1. The lowest BCUT2D eigenvalue weighted by molar-refractivity contribution is -0.337. The lowest BCUT2D eigenvalue weighted by Crippen LogP contribution is -2.83. The molecule has 6 aliphatic rings. The van der Waals surface area contributed by atoms with Crippen LogP contribution in [0.2, 0.25) is 0 Å². The van der Waals surface area contributed by atoms with Gasteiger partial charge in [0.2, 0.25) is 0 Å². The maximum absolute atomic E-state index is 13.7. The standard InChI is InChI=1S/C30H42N2O7/c1-5-32-15-27(39-26(33)16-8-6-7-9-19(16)31)11-10-23(37-3)29-21(27)13-18(24(29)32)28(34)14-20(36-2)17-12-22(29)30(28,35)25(17)38-4/h6-9,17-18,20-25,34-35H,5,10-15,31H2,1-4H3/t17-,18+,20+,21-,22+,23-,24-,25+,27+,28+,29+,30+/m1/s1. The third kappa shape index (κ3) is 2.80. The molecule has 1 saturated heterocycles. The number of ether oxygens (including phenoxy) is 4. The van der Waals surface area contributed by atoms with Crippen LogP contribution < -0.4 is 5.73 Å². The molecule has 1 heterocycles. The molecule has 1 aliphatic heterocycles. The van der Waals surface area contributed by atoms with E-state index in [1.807, 2.05) is 6.07 Å². The van der Waals surface area contributed by atoms with Gasteiger partial charge in [0.1, 0.15) is 16.8 Å². The highest BCUT2D eigenvalue weighted by Gasteiger charge is 2.89. The molecule has 0 aromatic heterocycles. The molecule has 9 heteroatoms. The Kier molecular flexibility index (Phi) is 5.63. The van der Waals surface area contributed by atoms with Crippen molar-refractivity contribution >= 4 is 11.7 Å². The second-order valence-corrected chi connectivity index (χ2v) is 13.0. The van der Waals surface area contributed by atoms with Crippen LogP contribution in [0, 0.1) is 29.1 Å². The molecule has 9 nitrogen and oxygen atoms in total. The topological polar surface area (TPSA) is 124 Å². The van der Waals surface area contributed by atoms with Crippen molar-refractivity contribution in [1.29, 1.82) is 0 Å². The lowest BCUT2D eigenvalue weighted by Gasteiger charge is -2.70. The highest BCUT2D eigenvalue weighted by atomic mass is 16.6. The van der Waals surface area contributed by atoms with Gasteiger partial charge < -0.3 is 34.9 Å². The highest BCUT2D eigenvalue weighted by molar-refractivity contribution is 5.95. The quantitative estimate of drug-likeness (QED) is 0.365. The number of hydrogen-bond acceptors (Lipinski definition) is 9. The summed E-state index contributed by atoms with van der Waals surface area (Å²) in [4.78, 5) is 16.1. The average molecular weight is 543 g/mol. The van der Waals surface area contributed by atoms with E-state index in [2.05, 4.69) is 11.8 Å². The van der Waals surface area contributed by atoms with Crippen LogP contribution in [0.1, 0.15) is 49.4 Å². The van der Waals surface area contributed by atoms with Gasteiger partial charge in [0, 0.05) is 75.1 Å². The molecule has 39 heavy (non-hydrogen) atoms. The number of aliphatic hydroxyl groups is 2.